The predicted molar refractivity (Wildman–Crippen MR) is 103 cm³/mol. The molecule has 1 N–H and O–H groups in total. The van der Waals surface area contributed by atoms with Gasteiger partial charge in [-0.3, -0.25) is 10.1 Å². The van der Waals surface area contributed by atoms with Gasteiger partial charge in [-0.25, -0.2) is 9.37 Å². The zero-order chi connectivity index (χ0) is 18.3. The first-order chi connectivity index (χ1) is 12.6. The van der Waals surface area contributed by atoms with Gasteiger partial charge < -0.3 is 9.30 Å². The number of anilines is 1. The van der Waals surface area contributed by atoms with Crippen LogP contribution in [0, 0.1) is 5.82 Å². The van der Waals surface area contributed by atoms with Gasteiger partial charge in [-0.2, -0.15) is 0 Å². The maximum absolute atomic E-state index is 13.6. The summed E-state index contributed by atoms with van der Waals surface area (Å²) in [7, 11) is 3.38. The number of thiophene rings is 1. The molecule has 0 saturated carbocycles. The predicted octanol–water partition coefficient (Wildman–Crippen LogP) is 4.76. The van der Waals surface area contributed by atoms with E-state index in [9.17, 15) is 9.18 Å². The number of rotatable bonds is 4. The second-order valence-corrected chi connectivity index (χ2v) is 7.40. The standard InChI is InChI=1S/C18H14FN3O2S2/c1-22-13-5-6-25-16(13)8-14(22)17(23)21-18-20-12(9-26-18)11-7-10(19)3-4-15(11)24-2/h3-9H,1-2H3,(H,20,21,23). The molecule has 0 radical (unpaired) electrons. The quantitative estimate of drug-likeness (QED) is 0.549. The molecule has 0 bridgehead atoms. The Morgan fingerprint density at radius 1 is 1.27 bits per heavy atom. The van der Waals surface area contributed by atoms with Crippen molar-refractivity contribution < 1.29 is 13.9 Å². The minimum absolute atomic E-state index is 0.233. The highest BCUT2D eigenvalue weighted by Crippen LogP contribution is 2.33. The first kappa shape index (κ1) is 16.7. The van der Waals surface area contributed by atoms with E-state index in [4.69, 9.17) is 4.74 Å². The van der Waals surface area contributed by atoms with Gasteiger partial charge in [-0.05, 0) is 35.7 Å². The molecule has 0 saturated heterocycles. The van der Waals surface area contributed by atoms with Crippen molar-refractivity contribution in [3.8, 4) is 17.0 Å². The van der Waals surface area contributed by atoms with Crippen LogP contribution in [0.3, 0.4) is 0 Å². The fourth-order valence-electron chi connectivity index (χ4n) is 2.76. The largest absolute Gasteiger partial charge is 0.496 e. The van der Waals surface area contributed by atoms with Gasteiger partial charge in [-0.15, -0.1) is 22.7 Å². The Balaban J connectivity index is 1.61. The number of halogens is 1. The van der Waals surface area contributed by atoms with Crippen LogP contribution in [0.5, 0.6) is 5.75 Å². The number of aryl methyl sites for hydroxylation is 1. The van der Waals surface area contributed by atoms with Crippen LogP contribution in [0.2, 0.25) is 0 Å². The van der Waals surface area contributed by atoms with Crippen LogP contribution in [0.1, 0.15) is 10.5 Å². The fraction of sp³-hybridized carbons (Fsp3) is 0.111. The molecule has 0 unspecified atom stereocenters. The van der Waals surface area contributed by atoms with Crippen LogP contribution in [0.15, 0.2) is 41.1 Å². The third-order valence-electron chi connectivity index (χ3n) is 4.06. The number of hydrogen-bond donors (Lipinski definition) is 1. The monoisotopic (exact) mass is 387 g/mol. The number of aromatic nitrogens is 2. The molecule has 0 aliphatic heterocycles. The topological polar surface area (TPSA) is 56.1 Å². The Labute approximate surface area is 156 Å². The Morgan fingerprint density at radius 2 is 2.12 bits per heavy atom. The van der Waals surface area contributed by atoms with Crippen LogP contribution in [-0.2, 0) is 7.05 Å². The van der Waals surface area contributed by atoms with Crippen molar-refractivity contribution in [2.45, 2.75) is 0 Å². The SMILES string of the molecule is COc1ccc(F)cc1-c1csc(NC(=O)c2cc3sccc3n2C)n1. The van der Waals surface area contributed by atoms with Crippen molar-refractivity contribution in [1.82, 2.24) is 9.55 Å². The summed E-state index contributed by atoms with van der Waals surface area (Å²) in [6, 6.07) is 8.09. The van der Waals surface area contributed by atoms with E-state index in [1.165, 1.54) is 30.6 Å². The first-order valence-electron chi connectivity index (χ1n) is 7.70. The second-order valence-electron chi connectivity index (χ2n) is 5.60. The molecule has 5 nitrogen and oxygen atoms in total. The smallest absolute Gasteiger partial charge is 0.274 e. The molecule has 3 aromatic heterocycles. The third kappa shape index (κ3) is 2.87. The molecule has 0 aliphatic rings. The molecule has 1 aromatic carbocycles. The van der Waals surface area contributed by atoms with Gasteiger partial charge in [0, 0.05) is 18.0 Å². The number of amides is 1. The van der Waals surface area contributed by atoms with Crippen molar-refractivity contribution in [2.24, 2.45) is 7.05 Å². The van der Waals surface area contributed by atoms with Gasteiger partial charge in [0.15, 0.2) is 5.13 Å². The number of fused-ring (bicyclic) bond motifs is 1. The van der Waals surface area contributed by atoms with Crippen molar-refractivity contribution in [3.05, 3.63) is 52.6 Å². The van der Waals surface area contributed by atoms with E-state index in [1.807, 2.05) is 29.1 Å². The number of carbonyl (C=O) groups is 1. The van der Waals surface area contributed by atoms with E-state index in [2.05, 4.69) is 10.3 Å². The van der Waals surface area contributed by atoms with Crippen LogP contribution >= 0.6 is 22.7 Å². The number of hydrogen-bond acceptors (Lipinski definition) is 5. The minimum atomic E-state index is -0.372. The Hall–Kier alpha value is -2.71. The van der Waals surface area contributed by atoms with Crippen molar-refractivity contribution >= 4 is 43.9 Å². The molecule has 4 rings (SSSR count). The summed E-state index contributed by atoms with van der Waals surface area (Å²) in [5, 5.41) is 7.01. The van der Waals surface area contributed by atoms with Gasteiger partial charge in [0.1, 0.15) is 17.3 Å². The number of carbonyl (C=O) groups excluding carboxylic acids is 1. The number of nitrogens with zero attached hydrogens (tertiary/aromatic N) is 2. The lowest BCUT2D eigenvalue weighted by Gasteiger charge is -2.06. The van der Waals surface area contributed by atoms with E-state index in [-0.39, 0.29) is 11.7 Å². The van der Waals surface area contributed by atoms with E-state index in [0.29, 0.717) is 27.8 Å². The highest BCUT2D eigenvalue weighted by atomic mass is 32.1. The fourth-order valence-corrected chi connectivity index (χ4v) is 4.32. The molecule has 3 heterocycles. The number of methoxy groups -OCH3 is 1. The lowest BCUT2D eigenvalue weighted by Crippen LogP contribution is -2.15. The summed E-state index contributed by atoms with van der Waals surface area (Å²) in [4.78, 5) is 17.0. The van der Waals surface area contributed by atoms with Gasteiger partial charge in [0.05, 0.1) is 23.0 Å². The number of benzene rings is 1. The zero-order valence-electron chi connectivity index (χ0n) is 13.9. The van der Waals surface area contributed by atoms with E-state index >= 15 is 0 Å². The third-order valence-corrected chi connectivity index (χ3v) is 5.67. The van der Waals surface area contributed by atoms with Gasteiger partial charge in [-0.1, -0.05) is 0 Å². The van der Waals surface area contributed by atoms with Crippen LogP contribution < -0.4 is 10.1 Å². The molecule has 0 aliphatic carbocycles. The summed E-state index contributed by atoms with van der Waals surface area (Å²) in [6.07, 6.45) is 0. The maximum atomic E-state index is 13.6. The van der Waals surface area contributed by atoms with Crippen molar-refractivity contribution in [2.75, 3.05) is 12.4 Å². The van der Waals surface area contributed by atoms with Crippen molar-refractivity contribution in [3.63, 3.8) is 0 Å². The number of thiazole rings is 1. The first-order valence-corrected chi connectivity index (χ1v) is 9.46. The molecule has 8 heteroatoms. The summed E-state index contributed by atoms with van der Waals surface area (Å²) in [6.45, 7) is 0. The number of ether oxygens (including phenoxy) is 1. The van der Waals surface area contributed by atoms with Crippen LogP contribution in [-0.4, -0.2) is 22.6 Å². The second kappa shape index (κ2) is 6.54. The average Bonchev–Trinajstić information content (AvgIpc) is 3.33. The summed E-state index contributed by atoms with van der Waals surface area (Å²) < 4.78 is 21.7. The molecule has 4 aromatic rings. The normalized spacial score (nSPS) is 11.0. The highest BCUT2D eigenvalue weighted by Gasteiger charge is 2.17. The van der Waals surface area contributed by atoms with E-state index in [0.717, 1.165) is 10.2 Å². The van der Waals surface area contributed by atoms with Crippen LogP contribution in [0.4, 0.5) is 9.52 Å². The molecular weight excluding hydrogens is 373 g/mol. The lowest BCUT2D eigenvalue weighted by molar-refractivity contribution is 0.101. The lowest BCUT2D eigenvalue weighted by atomic mass is 10.1. The molecule has 0 atom stereocenters. The summed E-state index contributed by atoms with van der Waals surface area (Å²) in [5.74, 6) is -0.0801. The Bertz CT molecular complexity index is 1110. The molecular formula is C18H14FN3O2S2. The molecule has 26 heavy (non-hydrogen) atoms. The van der Waals surface area contributed by atoms with Gasteiger partial charge >= 0.3 is 0 Å². The van der Waals surface area contributed by atoms with Crippen LogP contribution in [0.25, 0.3) is 21.5 Å². The van der Waals surface area contributed by atoms with E-state index < -0.39 is 0 Å². The maximum Gasteiger partial charge on any atom is 0.274 e. The average molecular weight is 387 g/mol. The van der Waals surface area contributed by atoms with Gasteiger partial charge in [0.25, 0.3) is 5.91 Å². The summed E-state index contributed by atoms with van der Waals surface area (Å²) >= 11 is 2.87. The zero-order valence-corrected chi connectivity index (χ0v) is 15.6. The highest BCUT2D eigenvalue weighted by molar-refractivity contribution is 7.17. The molecule has 0 spiro atoms. The molecule has 132 valence electrons. The Morgan fingerprint density at radius 3 is 2.88 bits per heavy atom. The van der Waals surface area contributed by atoms with Crippen molar-refractivity contribution in [1.29, 1.82) is 0 Å². The molecule has 0 fully saturated rings. The minimum Gasteiger partial charge on any atom is -0.496 e. The van der Waals surface area contributed by atoms with Gasteiger partial charge in [0.2, 0.25) is 0 Å². The molecule has 1 amide bonds. The summed E-state index contributed by atoms with van der Waals surface area (Å²) in [5.41, 5.74) is 2.68. The number of nitrogens with one attached hydrogen (secondary N) is 1. The van der Waals surface area contributed by atoms with E-state index in [1.54, 1.807) is 22.8 Å². The Kier molecular flexibility index (Phi) is 4.21.